The predicted molar refractivity (Wildman–Crippen MR) is 32.9 cm³/mol. The van der Waals surface area contributed by atoms with Crippen LogP contribution in [-0.2, 0) is 0 Å². The summed E-state index contributed by atoms with van der Waals surface area (Å²) in [5.41, 5.74) is 0.991. The number of hydrogen-bond acceptors (Lipinski definition) is 1. The van der Waals surface area contributed by atoms with Gasteiger partial charge in [0.05, 0.1) is 0 Å². The first kappa shape index (κ1) is 6.08. The van der Waals surface area contributed by atoms with E-state index < -0.39 is 0 Å². The van der Waals surface area contributed by atoms with E-state index in [-0.39, 0.29) is 5.75 Å². The molecule has 0 aliphatic rings. The fourth-order valence-electron chi connectivity index (χ4n) is 0.663. The molecule has 0 unspecified atom stereocenters. The number of hydrogen-bond donors (Lipinski definition) is 0. The van der Waals surface area contributed by atoms with E-state index in [9.17, 15) is 4.53 Å². The van der Waals surface area contributed by atoms with Crippen LogP contribution < -0.4 is 4.94 Å². The predicted octanol–water partition coefficient (Wildman–Crippen LogP) is 2.26. The lowest BCUT2D eigenvalue weighted by Gasteiger charge is -1.92. The molecule has 0 radical (unpaired) electrons. The number of halogens is 1. The molecule has 0 aliphatic heterocycles. The molecule has 1 nitrogen and oxygen atoms in total. The van der Waals surface area contributed by atoms with Crippen molar-refractivity contribution in [2.75, 3.05) is 0 Å². The lowest BCUT2D eigenvalue weighted by Crippen LogP contribution is -1.75. The monoisotopic (exact) mass is 126 g/mol. The zero-order chi connectivity index (χ0) is 6.69. The summed E-state index contributed by atoms with van der Waals surface area (Å²) in [4.78, 5) is 3.50. The highest BCUT2D eigenvalue weighted by molar-refractivity contribution is 5.26. The van der Waals surface area contributed by atoms with Crippen molar-refractivity contribution in [3.63, 3.8) is 0 Å². The van der Waals surface area contributed by atoms with E-state index in [1.165, 1.54) is 0 Å². The van der Waals surface area contributed by atoms with Gasteiger partial charge in [0.1, 0.15) is 0 Å². The molecular weight excluding hydrogens is 119 g/mol. The third-order valence-electron chi connectivity index (χ3n) is 1.08. The minimum Gasteiger partial charge on any atom is -0.294 e. The van der Waals surface area contributed by atoms with Gasteiger partial charge in [0.25, 0.3) is 0 Å². The Morgan fingerprint density at radius 3 is 2.67 bits per heavy atom. The summed E-state index contributed by atoms with van der Waals surface area (Å²) in [5.74, 6) is 0.259. The van der Waals surface area contributed by atoms with Crippen LogP contribution in [0, 0.1) is 6.92 Å². The van der Waals surface area contributed by atoms with Crippen LogP contribution in [0.3, 0.4) is 0 Å². The van der Waals surface area contributed by atoms with Crippen LogP contribution in [-0.4, -0.2) is 0 Å². The van der Waals surface area contributed by atoms with Gasteiger partial charge in [0.15, 0.2) is 5.75 Å². The SMILES string of the molecule is Cc1cccc(OF)c1. The first-order valence-corrected chi connectivity index (χ1v) is 2.68. The lowest BCUT2D eigenvalue weighted by atomic mass is 10.2. The van der Waals surface area contributed by atoms with Crippen molar-refractivity contribution < 1.29 is 9.47 Å². The van der Waals surface area contributed by atoms with E-state index in [1.54, 1.807) is 18.2 Å². The zero-order valence-electron chi connectivity index (χ0n) is 5.10. The molecule has 0 fully saturated rings. The molecule has 48 valence electrons. The van der Waals surface area contributed by atoms with E-state index in [0.29, 0.717) is 0 Å². The van der Waals surface area contributed by atoms with Crippen molar-refractivity contribution in [3.8, 4) is 5.75 Å². The fraction of sp³-hybridized carbons (Fsp3) is 0.143. The Morgan fingerprint density at radius 2 is 2.22 bits per heavy atom. The highest BCUT2D eigenvalue weighted by Gasteiger charge is 1.89. The van der Waals surface area contributed by atoms with Crippen molar-refractivity contribution in [2.24, 2.45) is 0 Å². The van der Waals surface area contributed by atoms with E-state index in [2.05, 4.69) is 4.94 Å². The maximum atomic E-state index is 11.4. The summed E-state index contributed by atoms with van der Waals surface area (Å²) in [6, 6.07) is 6.81. The van der Waals surface area contributed by atoms with Gasteiger partial charge in [-0.3, -0.25) is 4.94 Å². The molecule has 0 saturated heterocycles. The summed E-state index contributed by atoms with van der Waals surface area (Å²) in [5, 5.41) is 0. The van der Waals surface area contributed by atoms with Gasteiger partial charge in [0.2, 0.25) is 0 Å². The summed E-state index contributed by atoms with van der Waals surface area (Å²) in [6.07, 6.45) is 0. The third kappa shape index (κ3) is 1.42. The maximum absolute atomic E-state index is 11.4. The topological polar surface area (TPSA) is 9.23 Å². The van der Waals surface area contributed by atoms with Gasteiger partial charge in [-0.15, -0.1) is 0 Å². The molecule has 1 aromatic carbocycles. The second-order valence-electron chi connectivity index (χ2n) is 1.89. The maximum Gasteiger partial charge on any atom is 0.172 e. The Kier molecular flexibility index (Phi) is 1.68. The van der Waals surface area contributed by atoms with Gasteiger partial charge in [-0.2, -0.15) is 0 Å². The third-order valence-corrected chi connectivity index (χ3v) is 1.08. The molecule has 0 aromatic heterocycles. The number of benzene rings is 1. The first-order chi connectivity index (χ1) is 4.33. The van der Waals surface area contributed by atoms with Crippen LogP contribution in [0.15, 0.2) is 24.3 Å². The highest BCUT2D eigenvalue weighted by atomic mass is 19.3. The van der Waals surface area contributed by atoms with Gasteiger partial charge in [-0.05, 0) is 24.6 Å². The van der Waals surface area contributed by atoms with Crippen LogP contribution >= 0.6 is 0 Å². The molecule has 0 atom stereocenters. The Labute approximate surface area is 53.0 Å². The van der Waals surface area contributed by atoms with E-state index in [1.807, 2.05) is 13.0 Å². The van der Waals surface area contributed by atoms with Crippen molar-refractivity contribution in [1.82, 2.24) is 0 Å². The van der Waals surface area contributed by atoms with Gasteiger partial charge in [0, 0.05) is 4.53 Å². The Morgan fingerprint density at radius 1 is 1.44 bits per heavy atom. The second-order valence-corrected chi connectivity index (χ2v) is 1.89. The number of rotatable bonds is 1. The van der Waals surface area contributed by atoms with Gasteiger partial charge >= 0.3 is 0 Å². The van der Waals surface area contributed by atoms with Crippen LogP contribution in [0.4, 0.5) is 4.53 Å². The van der Waals surface area contributed by atoms with Crippen LogP contribution in [0.2, 0.25) is 0 Å². The normalized spacial score (nSPS) is 9.11. The zero-order valence-corrected chi connectivity index (χ0v) is 5.10. The Bertz CT molecular complexity index is 198. The molecule has 0 N–H and O–H groups in total. The van der Waals surface area contributed by atoms with E-state index in [0.717, 1.165) is 5.56 Å². The Hall–Kier alpha value is -1.05. The molecule has 0 aliphatic carbocycles. The van der Waals surface area contributed by atoms with Crippen LogP contribution in [0.25, 0.3) is 0 Å². The molecular formula is C7H7FO. The molecule has 0 amide bonds. The summed E-state index contributed by atoms with van der Waals surface area (Å²) < 4.78 is 11.4. The van der Waals surface area contributed by atoms with Crippen molar-refractivity contribution in [3.05, 3.63) is 29.8 Å². The van der Waals surface area contributed by atoms with Crippen molar-refractivity contribution in [1.29, 1.82) is 0 Å². The molecule has 1 aromatic rings. The summed E-state index contributed by atoms with van der Waals surface area (Å²) in [7, 11) is 0. The Balaban J connectivity index is 2.94. The molecule has 0 spiro atoms. The summed E-state index contributed by atoms with van der Waals surface area (Å²) >= 11 is 0. The molecule has 0 saturated carbocycles. The number of aryl methyl sites for hydroxylation is 1. The minimum atomic E-state index is 0.259. The quantitative estimate of drug-likeness (QED) is 0.560. The van der Waals surface area contributed by atoms with Crippen molar-refractivity contribution >= 4 is 0 Å². The van der Waals surface area contributed by atoms with Gasteiger partial charge < -0.3 is 0 Å². The van der Waals surface area contributed by atoms with Gasteiger partial charge in [-0.1, -0.05) is 12.1 Å². The molecule has 0 heterocycles. The van der Waals surface area contributed by atoms with E-state index in [4.69, 9.17) is 0 Å². The standard InChI is InChI=1S/C7H7FO/c1-6-3-2-4-7(5-6)9-8/h2-5H,1H3. The molecule has 9 heavy (non-hydrogen) atoms. The fourth-order valence-corrected chi connectivity index (χ4v) is 0.663. The smallest absolute Gasteiger partial charge is 0.172 e. The summed E-state index contributed by atoms with van der Waals surface area (Å²) in [6.45, 7) is 1.88. The van der Waals surface area contributed by atoms with Crippen LogP contribution in [0.1, 0.15) is 5.56 Å². The average molecular weight is 126 g/mol. The second kappa shape index (κ2) is 2.49. The molecule has 2 heteroatoms. The molecule has 1 rings (SSSR count). The highest BCUT2D eigenvalue weighted by Crippen LogP contribution is 2.11. The first-order valence-electron chi connectivity index (χ1n) is 2.68. The average Bonchev–Trinajstić information content (AvgIpc) is 1.88. The minimum absolute atomic E-state index is 0.259. The molecule has 0 bridgehead atoms. The van der Waals surface area contributed by atoms with Crippen molar-refractivity contribution in [2.45, 2.75) is 6.92 Å². The van der Waals surface area contributed by atoms with E-state index >= 15 is 0 Å². The lowest BCUT2D eigenvalue weighted by molar-refractivity contribution is -0.00626. The largest absolute Gasteiger partial charge is 0.294 e. The van der Waals surface area contributed by atoms with Crippen LogP contribution in [0.5, 0.6) is 5.75 Å². The van der Waals surface area contributed by atoms with Gasteiger partial charge in [-0.25, -0.2) is 0 Å².